The minimum Gasteiger partial charge on any atom is -0.262 e. The van der Waals surface area contributed by atoms with Gasteiger partial charge < -0.3 is 0 Å². The second-order valence-corrected chi connectivity index (χ2v) is 5.09. The summed E-state index contributed by atoms with van der Waals surface area (Å²) in [5, 5.41) is 0. The Morgan fingerprint density at radius 3 is 2.23 bits per heavy atom. The summed E-state index contributed by atoms with van der Waals surface area (Å²) in [6, 6.07) is 6.11. The molecule has 0 fully saturated rings. The van der Waals surface area contributed by atoms with Gasteiger partial charge in [0.05, 0.1) is 4.90 Å². The first-order valence-electron chi connectivity index (χ1n) is 3.21. The third-order valence-electron chi connectivity index (χ3n) is 1.30. The van der Waals surface area contributed by atoms with Gasteiger partial charge in [0.15, 0.2) is 0 Å². The second kappa shape index (κ2) is 4.05. The van der Waals surface area contributed by atoms with Crippen molar-refractivity contribution in [2.24, 2.45) is 0 Å². The van der Waals surface area contributed by atoms with Gasteiger partial charge in [-0.25, -0.2) is 13.1 Å². The number of sulfonamides is 1. The highest BCUT2D eigenvalue weighted by Gasteiger charge is 2.11. The molecule has 0 bridgehead atoms. The van der Waals surface area contributed by atoms with Crippen molar-refractivity contribution in [2.45, 2.75) is 4.90 Å². The average Bonchev–Trinajstić information content (AvgIpc) is 2.05. The van der Waals surface area contributed by atoms with E-state index < -0.39 is 10.0 Å². The van der Waals surface area contributed by atoms with E-state index in [1.54, 1.807) is 16.9 Å². The summed E-state index contributed by atoms with van der Waals surface area (Å²) < 4.78 is 24.9. The van der Waals surface area contributed by atoms with Crippen LogP contribution in [0, 0.1) is 3.57 Å². The molecule has 0 saturated heterocycles. The van der Waals surface area contributed by atoms with E-state index >= 15 is 0 Å². The number of benzene rings is 1. The van der Waals surface area contributed by atoms with E-state index in [2.05, 4.69) is 22.6 Å². The lowest BCUT2D eigenvalue weighted by atomic mass is 10.4. The first-order valence-corrected chi connectivity index (χ1v) is 5.77. The minimum atomic E-state index is -3.70. The lowest BCUT2D eigenvalue weighted by Crippen LogP contribution is -2.21. The third kappa shape index (κ3) is 2.66. The molecule has 1 amide bonds. The molecule has 1 aromatic carbocycles. The van der Waals surface area contributed by atoms with E-state index in [0.717, 1.165) is 9.98 Å². The molecule has 1 radical (unpaired) electrons. The maximum atomic E-state index is 11.2. The van der Waals surface area contributed by atoms with Crippen LogP contribution in [0.5, 0.6) is 0 Å². The molecule has 0 aliphatic carbocycles. The molecule has 0 saturated carbocycles. The monoisotopic (exact) mass is 310 g/mol. The molecule has 13 heavy (non-hydrogen) atoms. The maximum absolute atomic E-state index is 11.2. The van der Waals surface area contributed by atoms with Crippen LogP contribution in [-0.4, -0.2) is 14.8 Å². The van der Waals surface area contributed by atoms with Crippen LogP contribution in [0.15, 0.2) is 29.2 Å². The number of amides is 1. The normalized spacial score (nSPS) is 10.8. The number of hydrogen-bond acceptors (Lipinski definition) is 3. The van der Waals surface area contributed by atoms with Crippen molar-refractivity contribution < 1.29 is 13.2 Å². The Bertz CT molecular complexity index is 398. The second-order valence-electron chi connectivity index (χ2n) is 2.16. The van der Waals surface area contributed by atoms with Crippen LogP contribution in [0.25, 0.3) is 0 Å². The highest BCUT2D eigenvalue weighted by molar-refractivity contribution is 14.1. The van der Waals surface area contributed by atoms with Crippen LogP contribution >= 0.6 is 22.6 Å². The molecule has 6 heteroatoms. The molecule has 0 atom stereocenters. The topological polar surface area (TPSA) is 63.2 Å². The van der Waals surface area contributed by atoms with E-state index in [9.17, 15) is 13.2 Å². The molecule has 1 N–H and O–H groups in total. The summed E-state index contributed by atoms with van der Waals surface area (Å²) in [7, 11) is -3.70. The van der Waals surface area contributed by atoms with Crippen LogP contribution in [0.2, 0.25) is 0 Å². The molecule has 1 aromatic rings. The Hall–Kier alpha value is -0.630. The molecule has 0 heterocycles. The zero-order chi connectivity index (χ0) is 9.90. The molecule has 0 unspecified atom stereocenters. The van der Waals surface area contributed by atoms with Crippen molar-refractivity contribution in [1.82, 2.24) is 4.72 Å². The van der Waals surface area contributed by atoms with Gasteiger partial charge in [0.2, 0.25) is 0 Å². The summed E-state index contributed by atoms with van der Waals surface area (Å²) in [5.41, 5.74) is 0. The van der Waals surface area contributed by atoms with Crippen molar-refractivity contribution in [3.05, 3.63) is 27.8 Å². The van der Waals surface area contributed by atoms with Gasteiger partial charge in [-0.15, -0.1) is 0 Å². The van der Waals surface area contributed by atoms with Gasteiger partial charge in [0.1, 0.15) is 0 Å². The zero-order valence-electron chi connectivity index (χ0n) is 6.32. The van der Waals surface area contributed by atoms with Crippen LogP contribution < -0.4 is 4.72 Å². The molecule has 1 rings (SSSR count). The molecule has 0 aromatic heterocycles. The Morgan fingerprint density at radius 1 is 1.23 bits per heavy atom. The first kappa shape index (κ1) is 10.5. The van der Waals surface area contributed by atoms with E-state index in [-0.39, 0.29) is 4.90 Å². The minimum absolute atomic E-state index is 0.0521. The van der Waals surface area contributed by atoms with Crippen molar-refractivity contribution >= 4 is 39.0 Å². The Morgan fingerprint density at radius 2 is 1.77 bits per heavy atom. The largest absolute Gasteiger partial charge is 0.324 e. The highest BCUT2D eigenvalue weighted by Crippen LogP contribution is 2.11. The maximum Gasteiger partial charge on any atom is 0.324 e. The van der Waals surface area contributed by atoms with E-state index in [4.69, 9.17) is 0 Å². The fourth-order valence-corrected chi connectivity index (χ4v) is 1.81. The van der Waals surface area contributed by atoms with Gasteiger partial charge in [0.25, 0.3) is 10.0 Å². The lowest BCUT2D eigenvalue weighted by Gasteiger charge is -2.00. The lowest BCUT2D eigenvalue weighted by molar-refractivity contribution is 0.547. The van der Waals surface area contributed by atoms with E-state index in [0.29, 0.717) is 0 Å². The van der Waals surface area contributed by atoms with Crippen molar-refractivity contribution in [3.8, 4) is 0 Å². The first-order chi connectivity index (χ1) is 6.06. The smallest absolute Gasteiger partial charge is 0.262 e. The van der Waals surface area contributed by atoms with Gasteiger partial charge in [-0.05, 0) is 46.9 Å². The molecular weight excluding hydrogens is 305 g/mol. The zero-order valence-corrected chi connectivity index (χ0v) is 9.29. The summed E-state index contributed by atoms with van der Waals surface area (Å²) in [5.74, 6) is 0. The van der Waals surface area contributed by atoms with Crippen LogP contribution in [0.3, 0.4) is 0 Å². The quantitative estimate of drug-likeness (QED) is 0.658. The van der Waals surface area contributed by atoms with E-state index in [1.807, 2.05) is 0 Å². The van der Waals surface area contributed by atoms with Gasteiger partial charge in [-0.3, -0.25) is 4.79 Å². The number of halogens is 1. The molecule has 0 spiro atoms. The summed E-state index contributed by atoms with van der Waals surface area (Å²) in [6.07, 6.45) is 1.13. The highest BCUT2D eigenvalue weighted by atomic mass is 127. The number of carbonyl (C=O) groups excluding carboxylic acids is 1. The molecule has 69 valence electrons. The van der Waals surface area contributed by atoms with Crippen LogP contribution in [0.4, 0.5) is 0 Å². The van der Waals surface area contributed by atoms with Crippen LogP contribution in [0.1, 0.15) is 0 Å². The summed E-state index contributed by atoms with van der Waals surface area (Å²) in [4.78, 5) is 9.90. The molecule has 0 aliphatic heterocycles. The number of rotatable bonds is 3. The predicted molar refractivity (Wildman–Crippen MR) is 55.2 cm³/mol. The van der Waals surface area contributed by atoms with Gasteiger partial charge in [0, 0.05) is 3.57 Å². The fraction of sp³-hybridized carbons (Fsp3) is 0. The van der Waals surface area contributed by atoms with Crippen molar-refractivity contribution in [3.63, 3.8) is 0 Å². The Balaban J connectivity index is 3.08. The standard InChI is InChI=1S/C7H5INO3S/c8-6-1-3-7(4-2-6)13(11,12)9-5-10/h1-4H,(H,9,10). The Kier molecular flexibility index (Phi) is 3.26. The summed E-state index contributed by atoms with van der Waals surface area (Å²) >= 11 is 2.05. The summed E-state index contributed by atoms with van der Waals surface area (Å²) in [6.45, 7) is 0. The Labute approximate surface area is 89.5 Å². The molecule has 4 nitrogen and oxygen atoms in total. The van der Waals surface area contributed by atoms with Crippen LogP contribution in [-0.2, 0) is 14.8 Å². The van der Waals surface area contributed by atoms with Crippen molar-refractivity contribution in [2.75, 3.05) is 0 Å². The predicted octanol–water partition coefficient (Wildman–Crippen LogP) is 0.637. The van der Waals surface area contributed by atoms with Gasteiger partial charge >= 0.3 is 6.41 Å². The molecule has 0 aliphatic rings. The number of nitrogens with one attached hydrogen (secondary N) is 1. The molecular formula is C7H5INO3S. The van der Waals surface area contributed by atoms with Gasteiger partial charge in [-0.2, -0.15) is 0 Å². The van der Waals surface area contributed by atoms with Gasteiger partial charge in [-0.1, -0.05) is 0 Å². The average molecular weight is 310 g/mol. The number of hydrogen-bond donors (Lipinski definition) is 1. The third-order valence-corrected chi connectivity index (χ3v) is 3.26. The fourth-order valence-electron chi connectivity index (χ4n) is 0.728. The van der Waals surface area contributed by atoms with Crippen molar-refractivity contribution in [1.29, 1.82) is 0 Å². The SMILES string of the molecule is O=[C]NS(=O)(=O)c1ccc(I)cc1. The van der Waals surface area contributed by atoms with E-state index in [1.165, 1.54) is 12.1 Å².